The molecular weight excluding hydrogens is 745 g/mol. The van der Waals surface area contributed by atoms with Crippen molar-refractivity contribution in [1.29, 1.82) is 0 Å². The maximum Gasteiger partial charge on any atom is 0.0819 e. The Kier molecular flexibility index (Phi) is 7.13. The second-order valence-corrected chi connectivity index (χ2v) is 17.1. The first-order valence-corrected chi connectivity index (χ1v) is 21.5. The summed E-state index contributed by atoms with van der Waals surface area (Å²) < 4.78 is 3.72. The van der Waals surface area contributed by atoms with Crippen molar-refractivity contribution in [2.75, 3.05) is 4.90 Å². The van der Waals surface area contributed by atoms with Crippen molar-refractivity contribution in [2.24, 2.45) is 0 Å². The van der Waals surface area contributed by atoms with Gasteiger partial charge in [-0.05, 0) is 117 Å². The number of fused-ring (bicyclic) bond motifs is 15. The van der Waals surface area contributed by atoms with Crippen LogP contribution in [-0.4, -0.2) is 4.57 Å². The van der Waals surface area contributed by atoms with E-state index >= 15 is 0 Å². The van der Waals surface area contributed by atoms with Crippen LogP contribution in [0.1, 0.15) is 21.6 Å². The second-order valence-electron chi connectivity index (χ2n) is 16.0. The van der Waals surface area contributed by atoms with Crippen LogP contribution >= 0.6 is 11.3 Å². The summed E-state index contributed by atoms with van der Waals surface area (Å²) in [6, 6.07) is 80.6. The minimum absolute atomic E-state index is 0.371. The second kappa shape index (κ2) is 12.8. The zero-order chi connectivity index (χ0) is 39.4. The number of benzene rings is 9. The standard InChI is InChI=1S/C57H36N2S/c1-3-15-39(16-4-1)58(42-32-34-53-48(36-42)45-20-9-13-25-52(45)59(53)40-17-5-2-6-18-40)41-30-27-37(28-31-41)38-29-33-44-43-19-7-11-23-49(43)57(51(44)35-38)50-24-12-8-21-46(50)55-47-22-10-14-26-54(47)60-56(55)57/h1-36H. The third-order valence-corrected chi connectivity index (χ3v) is 14.3. The number of aromatic nitrogens is 1. The molecule has 1 unspecified atom stereocenters. The van der Waals surface area contributed by atoms with Gasteiger partial charge in [0.1, 0.15) is 0 Å². The summed E-state index contributed by atoms with van der Waals surface area (Å²) in [7, 11) is 0. The first kappa shape index (κ1) is 33.5. The van der Waals surface area contributed by atoms with Crippen molar-refractivity contribution in [3.63, 3.8) is 0 Å². The number of hydrogen-bond donors (Lipinski definition) is 0. The number of nitrogens with zero attached hydrogens (tertiary/aromatic N) is 2. The van der Waals surface area contributed by atoms with Gasteiger partial charge >= 0.3 is 0 Å². The molecule has 2 heterocycles. The Hall–Kier alpha value is -7.46. The Balaban J connectivity index is 0.954. The van der Waals surface area contributed by atoms with E-state index < -0.39 is 0 Å². The molecule has 0 bridgehead atoms. The maximum atomic E-state index is 2.49. The van der Waals surface area contributed by atoms with Crippen LogP contribution in [0, 0.1) is 0 Å². The number of rotatable bonds is 5. The highest BCUT2D eigenvalue weighted by Gasteiger charge is 2.53. The van der Waals surface area contributed by atoms with Gasteiger partial charge in [-0.25, -0.2) is 0 Å². The fourth-order valence-electron chi connectivity index (χ4n) is 10.5. The molecular formula is C57H36N2S. The van der Waals surface area contributed by atoms with Crippen molar-refractivity contribution in [1.82, 2.24) is 4.57 Å². The molecule has 0 radical (unpaired) electrons. The average molecular weight is 781 g/mol. The Morgan fingerprint density at radius 3 is 1.78 bits per heavy atom. The predicted octanol–water partition coefficient (Wildman–Crippen LogP) is 15.5. The van der Waals surface area contributed by atoms with Crippen LogP contribution in [0.3, 0.4) is 0 Å². The van der Waals surface area contributed by atoms with Gasteiger partial charge in [0.15, 0.2) is 0 Å². The number of hydrogen-bond acceptors (Lipinski definition) is 2. The van der Waals surface area contributed by atoms with Gasteiger partial charge in [0.2, 0.25) is 0 Å². The van der Waals surface area contributed by atoms with Gasteiger partial charge < -0.3 is 9.47 Å². The van der Waals surface area contributed by atoms with Crippen LogP contribution in [0.5, 0.6) is 0 Å². The molecule has 3 heteroatoms. The summed E-state index contributed by atoms with van der Waals surface area (Å²) in [6.45, 7) is 0. The van der Waals surface area contributed by atoms with Crippen molar-refractivity contribution in [3.05, 3.63) is 240 Å². The van der Waals surface area contributed by atoms with E-state index in [9.17, 15) is 0 Å². The third kappa shape index (κ3) is 4.58. The molecule has 0 saturated carbocycles. The summed E-state index contributed by atoms with van der Waals surface area (Å²) in [6.07, 6.45) is 0. The lowest BCUT2D eigenvalue weighted by atomic mass is 9.73. The Bertz CT molecular complexity index is 3490. The lowest BCUT2D eigenvalue weighted by Gasteiger charge is -2.29. The minimum Gasteiger partial charge on any atom is -0.310 e. The van der Waals surface area contributed by atoms with E-state index in [2.05, 4.69) is 228 Å². The summed E-state index contributed by atoms with van der Waals surface area (Å²) >= 11 is 1.96. The molecule has 2 aliphatic carbocycles. The first-order valence-electron chi connectivity index (χ1n) is 20.7. The van der Waals surface area contributed by atoms with Gasteiger partial charge in [-0.15, -0.1) is 11.3 Å². The normalized spacial score (nSPS) is 14.7. The molecule has 0 saturated heterocycles. The van der Waals surface area contributed by atoms with E-state index in [1.165, 1.54) is 86.8 Å². The first-order chi connectivity index (χ1) is 29.8. The highest BCUT2D eigenvalue weighted by Crippen LogP contribution is 2.66. The molecule has 0 aliphatic heterocycles. The Morgan fingerprint density at radius 2 is 0.967 bits per heavy atom. The number of anilines is 3. The summed E-state index contributed by atoms with van der Waals surface area (Å²) in [5, 5.41) is 3.82. The fraction of sp³-hybridized carbons (Fsp3) is 0.0175. The molecule has 280 valence electrons. The molecule has 2 aliphatic rings. The quantitative estimate of drug-likeness (QED) is 0.169. The van der Waals surface area contributed by atoms with E-state index in [4.69, 9.17) is 0 Å². The zero-order valence-electron chi connectivity index (χ0n) is 32.6. The third-order valence-electron chi connectivity index (χ3n) is 13.0. The molecule has 13 rings (SSSR count). The van der Waals surface area contributed by atoms with Gasteiger partial charge in [-0.1, -0.05) is 146 Å². The van der Waals surface area contributed by atoms with Gasteiger partial charge in [-0.3, -0.25) is 0 Å². The maximum absolute atomic E-state index is 2.49. The lowest BCUT2D eigenvalue weighted by molar-refractivity contribution is 0.812. The lowest BCUT2D eigenvalue weighted by Crippen LogP contribution is -2.24. The van der Waals surface area contributed by atoms with E-state index in [1.54, 1.807) is 0 Å². The van der Waals surface area contributed by atoms with Crippen molar-refractivity contribution in [3.8, 4) is 39.1 Å². The van der Waals surface area contributed by atoms with E-state index in [-0.39, 0.29) is 5.41 Å². The van der Waals surface area contributed by atoms with Gasteiger partial charge in [-0.2, -0.15) is 0 Å². The van der Waals surface area contributed by atoms with Crippen LogP contribution < -0.4 is 4.90 Å². The molecule has 0 amide bonds. The monoisotopic (exact) mass is 780 g/mol. The summed E-state index contributed by atoms with van der Waals surface area (Å²) in [5.41, 5.74) is 18.5. The fourth-order valence-corrected chi connectivity index (χ4v) is 12.0. The summed E-state index contributed by atoms with van der Waals surface area (Å²) in [5.74, 6) is 0. The highest BCUT2D eigenvalue weighted by molar-refractivity contribution is 7.20. The SMILES string of the molecule is c1ccc(N(c2ccc(-c3ccc4c(c3)C3(c5ccccc5-4)c4ccccc4-c4c3sc3ccccc43)cc2)c2ccc3c(c2)c2ccccc2n3-c2ccccc2)cc1. The van der Waals surface area contributed by atoms with E-state index in [0.717, 1.165) is 22.7 Å². The molecule has 2 aromatic heterocycles. The van der Waals surface area contributed by atoms with Crippen LogP contribution in [0.4, 0.5) is 17.1 Å². The van der Waals surface area contributed by atoms with Crippen molar-refractivity contribution in [2.45, 2.75) is 5.41 Å². The Labute approximate surface area is 352 Å². The largest absolute Gasteiger partial charge is 0.310 e. The van der Waals surface area contributed by atoms with Crippen LogP contribution in [-0.2, 0) is 5.41 Å². The Morgan fingerprint density at radius 1 is 0.383 bits per heavy atom. The molecule has 60 heavy (non-hydrogen) atoms. The van der Waals surface area contributed by atoms with Crippen molar-refractivity contribution < 1.29 is 0 Å². The van der Waals surface area contributed by atoms with E-state index in [1.807, 2.05) is 11.3 Å². The number of thiophene rings is 1. The predicted molar refractivity (Wildman–Crippen MR) is 253 cm³/mol. The van der Waals surface area contributed by atoms with Crippen LogP contribution in [0.2, 0.25) is 0 Å². The average Bonchev–Trinajstić information content (AvgIpc) is 4.03. The van der Waals surface area contributed by atoms with Crippen LogP contribution in [0.15, 0.2) is 218 Å². The molecule has 2 nitrogen and oxygen atoms in total. The molecule has 0 fully saturated rings. The molecule has 1 spiro atoms. The van der Waals surface area contributed by atoms with Gasteiger partial charge in [0.05, 0.1) is 16.4 Å². The van der Waals surface area contributed by atoms with Crippen molar-refractivity contribution >= 4 is 60.3 Å². The van der Waals surface area contributed by atoms with Gasteiger partial charge in [0, 0.05) is 54.0 Å². The molecule has 0 N–H and O–H groups in total. The minimum atomic E-state index is -0.371. The zero-order valence-corrected chi connectivity index (χ0v) is 33.4. The number of para-hydroxylation sites is 3. The van der Waals surface area contributed by atoms with E-state index in [0.29, 0.717) is 0 Å². The molecule has 11 aromatic rings. The smallest absolute Gasteiger partial charge is 0.0819 e. The van der Waals surface area contributed by atoms with Crippen LogP contribution in [0.25, 0.3) is 71.0 Å². The molecule has 9 aromatic carbocycles. The highest BCUT2D eigenvalue weighted by atomic mass is 32.1. The molecule has 1 atom stereocenters. The summed E-state index contributed by atoms with van der Waals surface area (Å²) in [4.78, 5) is 3.82. The van der Waals surface area contributed by atoms with Gasteiger partial charge in [0.25, 0.3) is 0 Å². The topological polar surface area (TPSA) is 8.17 Å².